The molecule has 0 aromatic heterocycles. The van der Waals surface area contributed by atoms with Gasteiger partial charge in [-0.15, -0.1) is 11.6 Å². The van der Waals surface area contributed by atoms with Crippen LogP contribution >= 0.6 is 23.2 Å². The van der Waals surface area contributed by atoms with Crippen molar-refractivity contribution in [1.29, 1.82) is 0 Å². The highest BCUT2D eigenvalue weighted by atomic mass is 35.5. The van der Waals surface area contributed by atoms with Crippen molar-refractivity contribution >= 4 is 23.2 Å². The minimum Gasteiger partial charge on any atom is -0.493 e. The third kappa shape index (κ3) is 3.80. The Kier molecular flexibility index (Phi) is 6.31. The summed E-state index contributed by atoms with van der Waals surface area (Å²) in [7, 11) is 0. The van der Waals surface area contributed by atoms with Gasteiger partial charge >= 0.3 is 0 Å². The van der Waals surface area contributed by atoms with Crippen LogP contribution in [0.15, 0.2) is 12.1 Å². The van der Waals surface area contributed by atoms with Gasteiger partial charge in [0.2, 0.25) is 0 Å². The molecule has 1 unspecified atom stereocenters. The number of alkyl halides is 1. The molecule has 0 aliphatic carbocycles. The molecule has 0 fully saturated rings. The van der Waals surface area contributed by atoms with Crippen molar-refractivity contribution in [2.24, 2.45) is 0 Å². The van der Waals surface area contributed by atoms with E-state index in [2.05, 4.69) is 20.8 Å². The molecule has 1 atom stereocenters. The molecule has 1 aromatic carbocycles. The Hall–Kier alpha value is -0.400. The van der Waals surface area contributed by atoms with E-state index >= 15 is 0 Å². The van der Waals surface area contributed by atoms with Crippen molar-refractivity contribution < 1.29 is 4.74 Å². The van der Waals surface area contributed by atoms with Crippen LogP contribution in [0.4, 0.5) is 0 Å². The topological polar surface area (TPSA) is 9.23 Å². The summed E-state index contributed by atoms with van der Waals surface area (Å²) in [6.07, 6.45) is 0.930. The predicted octanol–water partition coefficient (Wildman–Crippen LogP) is 5.59. The lowest BCUT2D eigenvalue weighted by Crippen LogP contribution is -2.05. The number of benzene rings is 1. The maximum absolute atomic E-state index is 6.22. The van der Waals surface area contributed by atoms with E-state index in [1.807, 2.05) is 19.1 Å². The van der Waals surface area contributed by atoms with E-state index in [1.165, 1.54) is 11.1 Å². The van der Waals surface area contributed by atoms with Gasteiger partial charge in [-0.3, -0.25) is 0 Å². The van der Waals surface area contributed by atoms with Crippen molar-refractivity contribution in [1.82, 2.24) is 0 Å². The fourth-order valence-corrected chi connectivity index (χ4v) is 2.62. The van der Waals surface area contributed by atoms with Gasteiger partial charge in [0.15, 0.2) is 0 Å². The number of rotatable bonds is 6. The Labute approximate surface area is 120 Å². The van der Waals surface area contributed by atoms with E-state index in [0.29, 0.717) is 24.3 Å². The summed E-state index contributed by atoms with van der Waals surface area (Å²) < 4.78 is 5.85. The molecule has 3 heteroatoms. The molecule has 0 saturated carbocycles. The highest BCUT2D eigenvalue weighted by Gasteiger charge is 2.18. The molecular formula is C15H22Cl2O. The molecule has 1 rings (SSSR count). The second-order valence-corrected chi connectivity index (χ2v) is 5.69. The molecule has 1 nitrogen and oxygen atoms in total. The van der Waals surface area contributed by atoms with Crippen LogP contribution in [0.3, 0.4) is 0 Å². The van der Waals surface area contributed by atoms with E-state index in [4.69, 9.17) is 27.9 Å². The summed E-state index contributed by atoms with van der Waals surface area (Å²) >= 11 is 12.1. The van der Waals surface area contributed by atoms with Gasteiger partial charge in [0.25, 0.3) is 0 Å². The summed E-state index contributed by atoms with van der Waals surface area (Å²) in [5.74, 6) is 2.40. The number of hydrogen-bond acceptors (Lipinski definition) is 1. The minimum atomic E-state index is 0.361. The van der Waals surface area contributed by atoms with Crippen LogP contribution in [0.5, 0.6) is 5.75 Å². The minimum absolute atomic E-state index is 0.361. The first-order valence-electron chi connectivity index (χ1n) is 6.53. The molecule has 102 valence electrons. The second kappa shape index (κ2) is 7.25. The smallest absolute Gasteiger partial charge is 0.126 e. The van der Waals surface area contributed by atoms with Gasteiger partial charge in [0.05, 0.1) is 6.61 Å². The fraction of sp³-hybridized carbons (Fsp3) is 0.600. The molecule has 0 N–H and O–H groups in total. The van der Waals surface area contributed by atoms with E-state index in [9.17, 15) is 0 Å². The zero-order valence-electron chi connectivity index (χ0n) is 11.6. The summed E-state index contributed by atoms with van der Waals surface area (Å²) in [5.41, 5.74) is 2.36. The number of halogens is 2. The van der Waals surface area contributed by atoms with Gasteiger partial charge in [-0.1, -0.05) is 32.4 Å². The van der Waals surface area contributed by atoms with Crippen LogP contribution in [0.2, 0.25) is 5.02 Å². The molecular weight excluding hydrogens is 267 g/mol. The van der Waals surface area contributed by atoms with Crippen molar-refractivity contribution in [2.45, 2.75) is 46.0 Å². The standard InChI is InChI=1S/C15H22Cl2O/c1-5-18-15-13(10(2)3)8-12(17)9-14(15)11(4)6-7-16/h8-11H,5-7H2,1-4H3. The maximum atomic E-state index is 6.22. The van der Waals surface area contributed by atoms with Gasteiger partial charge in [0, 0.05) is 10.9 Å². The van der Waals surface area contributed by atoms with E-state index < -0.39 is 0 Å². The van der Waals surface area contributed by atoms with Gasteiger partial charge in [-0.05, 0) is 48.4 Å². The number of ether oxygens (including phenoxy) is 1. The normalized spacial score (nSPS) is 12.8. The average Bonchev–Trinajstić information content (AvgIpc) is 2.31. The molecule has 0 aliphatic rings. The zero-order chi connectivity index (χ0) is 13.7. The average molecular weight is 289 g/mol. The number of hydrogen-bond donors (Lipinski definition) is 0. The van der Waals surface area contributed by atoms with Crippen LogP contribution in [-0.4, -0.2) is 12.5 Å². The van der Waals surface area contributed by atoms with Gasteiger partial charge in [-0.2, -0.15) is 0 Å². The molecule has 0 saturated heterocycles. The van der Waals surface area contributed by atoms with Gasteiger partial charge in [-0.25, -0.2) is 0 Å². The molecule has 18 heavy (non-hydrogen) atoms. The first-order chi connectivity index (χ1) is 8.51. The van der Waals surface area contributed by atoms with Crippen LogP contribution in [0.1, 0.15) is 57.1 Å². The lowest BCUT2D eigenvalue weighted by atomic mass is 9.91. The summed E-state index contributed by atoms with van der Waals surface area (Å²) in [5, 5.41) is 0.776. The molecule has 0 aliphatic heterocycles. The third-order valence-corrected chi connectivity index (χ3v) is 3.53. The lowest BCUT2D eigenvalue weighted by Gasteiger charge is -2.21. The molecule has 0 bridgehead atoms. The molecule has 0 spiro atoms. The van der Waals surface area contributed by atoms with Crippen LogP contribution < -0.4 is 4.74 Å². The van der Waals surface area contributed by atoms with Crippen molar-refractivity contribution in [3.05, 3.63) is 28.3 Å². The highest BCUT2D eigenvalue weighted by Crippen LogP contribution is 2.38. The lowest BCUT2D eigenvalue weighted by molar-refractivity contribution is 0.329. The van der Waals surface area contributed by atoms with E-state index in [1.54, 1.807) is 0 Å². The third-order valence-electron chi connectivity index (χ3n) is 3.09. The molecule has 0 heterocycles. The molecule has 0 radical (unpaired) electrons. The second-order valence-electron chi connectivity index (χ2n) is 4.88. The van der Waals surface area contributed by atoms with Gasteiger partial charge < -0.3 is 4.74 Å². The molecule has 0 amide bonds. The van der Waals surface area contributed by atoms with Gasteiger partial charge in [0.1, 0.15) is 5.75 Å². The first-order valence-corrected chi connectivity index (χ1v) is 7.44. The van der Waals surface area contributed by atoms with E-state index in [0.717, 1.165) is 17.2 Å². The Bertz CT molecular complexity index is 388. The molecule has 1 aromatic rings. The maximum Gasteiger partial charge on any atom is 0.126 e. The zero-order valence-corrected chi connectivity index (χ0v) is 13.1. The quantitative estimate of drug-likeness (QED) is 0.620. The summed E-state index contributed by atoms with van der Waals surface area (Å²) in [6.45, 7) is 9.16. The van der Waals surface area contributed by atoms with Crippen LogP contribution in [-0.2, 0) is 0 Å². The largest absolute Gasteiger partial charge is 0.493 e. The summed E-state index contributed by atoms with van der Waals surface area (Å²) in [6, 6.07) is 4.02. The SMILES string of the molecule is CCOc1c(C(C)C)cc(Cl)cc1C(C)CCCl. The fourth-order valence-electron chi connectivity index (χ4n) is 2.06. The van der Waals surface area contributed by atoms with Crippen LogP contribution in [0, 0.1) is 0 Å². The Morgan fingerprint density at radius 2 is 1.78 bits per heavy atom. The van der Waals surface area contributed by atoms with Crippen molar-refractivity contribution in [3.63, 3.8) is 0 Å². The van der Waals surface area contributed by atoms with Crippen molar-refractivity contribution in [3.8, 4) is 5.75 Å². The van der Waals surface area contributed by atoms with E-state index in [-0.39, 0.29) is 0 Å². The van der Waals surface area contributed by atoms with Crippen molar-refractivity contribution in [2.75, 3.05) is 12.5 Å². The summed E-state index contributed by atoms with van der Waals surface area (Å²) in [4.78, 5) is 0. The predicted molar refractivity (Wildman–Crippen MR) is 80.5 cm³/mol. The first kappa shape index (κ1) is 15.7. The van der Waals surface area contributed by atoms with Crippen LogP contribution in [0.25, 0.3) is 0 Å². The Balaban J connectivity index is 3.28. The monoisotopic (exact) mass is 288 g/mol. The highest BCUT2D eigenvalue weighted by molar-refractivity contribution is 6.30. The Morgan fingerprint density at radius 3 is 2.28 bits per heavy atom. The Morgan fingerprint density at radius 1 is 1.17 bits per heavy atom.